The van der Waals surface area contributed by atoms with Crippen LogP contribution in [0.4, 0.5) is 0 Å². The zero-order chi connectivity index (χ0) is 21.7. The van der Waals surface area contributed by atoms with Gasteiger partial charge in [0.15, 0.2) is 0 Å². The van der Waals surface area contributed by atoms with E-state index in [4.69, 9.17) is 11.6 Å². The first-order chi connectivity index (χ1) is 15.1. The van der Waals surface area contributed by atoms with Crippen molar-refractivity contribution in [1.29, 1.82) is 0 Å². The molecule has 1 unspecified atom stereocenters. The molecule has 4 aromatic rings. The van der Waals surface area contributed by atoms with Crippen molar-refractivity contribution in [2.24, 2.45) is 0 Å². The molecule has 0 aliphatic heterocycles. The third-order valence-corrected chi connectivity index (χ3v) is 10.1. The van der Waals surface area contributed by atoms with Crippen molar-refractivity contribution in [3.8, 4) is 0 Å². The summed E-state index contributed by atoms with van der Waals surface area (Å²) < 4.78 is 0. The predicted molar refractivity (Wildman–Crippen MR) is 136 cm³/mol. The lowest BCUT2D eigenvalue weighted by Crippen LogP contribution is -2.53. The molecule has 1 atom stereocenters. The molecule has 3 heteroatoms. The van der Waals surface area contributed by atoms with Gasteiger partial charge in [-0.15, -0.1) is 0 Å². The van der Waals surface area contributed by atoms with Gasteiger partial charge in [0.25, 0.3) is 0 Å². The van der Waals surface area contributed by atoms with Crippen LogP contribution >= 0.6 is 11.6 Å². The molecule has 4 rings (SSSR count). The SMILES string of the molecule is C[Si](C)(c1ccccc1)C(NC(c1ccccc1)c1ccccc1)c1ccc(Cl)cc1. The number of halogens is 1. The molecule has 0 heterocycles. The molecule has 0 aliphatic rings. The van der Waals surface area contributed by atoms with Crippen LogP contribution in [0.2, 0.25) is 18.1 Å². The van der Waals surface area contributed by atoms with Crippen molar-refractivity contribution < 1.29 is 0 Å². The summed E-state index contributed by atoms with van der Waals surface area (Å²) in [5, 5.41) is 6.28. The third-order valence-electron chi connectivity index (χ3n) is 6.04. The van der Waals surface area contributed by atoms with E-state index in [1.807, 2.05) is 12.1 Å². The van der Waals surface area contributed by atoms with Gasteiger partial charge in [-0.1, -0.05) is 133 Å². The van der Waals surface area contributed by atoms with Crippen molar-refractivity contribution in [2.75, 3.05) is 0 Å². The van der Waals surface area contributed by atoms with Crippen LogP contribution in [0.5, 0.6) is 0 Å². The minimum atomic E-state index is -1.95. The Bertz CT molecular complexity index is 1040. The van der Waals surface area contributed by atoms with Crippen LogP contribution in [-0.4, -0.2) is 8.07 Å². The molecule has 0 spiro atoms. The lowest BCUT2D eigenvalue weighted by atomic mass is 9.98. The van der Waals surface area contributed by atoms with Crippen molar-refractivity contribution in [3.05, 3.63) is 137 Å². The normalized spacial score (nSPS) is 12.6. The highest BCUT2D eigenvalue weighted by molar-refractivity contribution is 6.90. The average molecular weight is 442 g/mol. The summed E-state index contributed by atoms with van der Waals surface area (Å²) in [6.07, 6.45) is 0. The van der Waals surface area contributed by atoms with E-state index in [-0.39, 0.29) is 11.7 Å². The van der Waals surface area contributed by atoms with Crippen LogP contribution in [0.1, 0.15) is 28.4 Å². The highest BCUT2D eigenvalue weighted by Crippen LogP contribution is 2.32. The molecule has 1 nitrogen and oxygen atoms in total. The highest BCUT2D eigenvalue weighted by Gasteiger charge is 2.36. The summed E-state index contributed by atoms with van der Waals surface area (Å²) in [5.74, 6) is 0. The second-order valence-electron chi connectivity index (χ2n) is 8.49. The summed E-state index contributed by atoms with van der Waals surface area (Å²) in [5.41, 5.74) is 4.02. The van der Waals surface area contributed by atoms with Gasteiger partial charge in [-0.2, -0.15) is 0 Å². The van der Waals surface area contributed by atoms with Gasteiger partial charge in [-0.25, -0.2) is 0 Å². The van der Waals surface area contributed by atoms with Crippen LogP contribution in [0.15, 0.2) is 115 Å². The number of hydrogen-bond acceptors (Lipinski definition) is 1. The van der Waals surface area contributed by atoms with Crippen LogP contribution in [0, 0.1) is 0 Å². The molecule has 4 aromatic carbocycles. The van der Waals surface area contributed by atoms with Gasteiger partial charge in [-0.3, -0.25) is 0 Å². The molecule has 0 saturated carbocycles. The molecule has 31 heavy (non-hydrogen) atoms. The number of nitrogens with one attached hydrogen (secondary N) is 1. The molecule has 0 amide bonds. The van der Waals surface area contributed by atoms with E-state index >= 15 is 0 Å². The molecule has 0 radical (unpaired) electrons. The largest absolute Gasteiger partial charge is 0.302 e. The molecule has 0 saturated heterocycles. The lowest BCUT2D eigenvalue weighted by Gasteiger charge is -2.37. The molecule has 1 N–H and O–H groups in total. The Labute approximate surface area is 191 Å². The van der Waals surface area contributed by atoms with E-state index in [0.29, 0.717) is 0 Å². The van der Waals surface area contributed by atoms with Gasteiger partial charge >= 0.3 is 0 Å². The van der Waals surface area contributed by atoms with E-state index in [0.717, 1.165) is 5.02 Å². The van der Waals surface area contributed by atoms with Gasteiger partial charge in [-0.05, 0) is 28.8 Å². The topological polar surface area (TPSA) is 12.0 Å². The molecule has 0 aliphatic carbocycles. The third kappa shape index (κ3) is 4.99. The monoisotopic (exact) mass is 441 g/mol. The highest BCUT2D eigenvalue weighted by atomic mass is 35.5. The maximum Gasteiger partial charge on any atom is 0.104 e. The van der Waals surface area contributed by atoms with E-state index < -0.39 is 8.07 Å². The second-order valence-corrected chi connectivity index (χ2v) is 13.5. The summed E-state index contributed by atoms with van der Waals surface area (Å²) in [4.78, 5) is 0. The first-order valence-electron chi connectivity index (χ1n) is 10.7. The maximum absolute atomic E-state index is 6.24. The van der Waals surface area contributed by atoms with Gasteiger partial charge in [0.2, 0.25) is 0 Å². The van der Waals surface area contributed by atoms with Gasteiger partial charge < -0.3 is 5.32 Å². The van der Waals surface area contributed by atoms with Crippen LogP contribution < -0.4 is 10.5 Å². The van der Waals surface area contributed by atoms with Crippen molar-refractivity contribution in [3.63, 3.8) is 0 Å². The second kappa shape index (κ2) is 9.65. The molecular formula is C28H28ClNSi. The van der Waals surface area contributed by atoms with E-state index in [2.05, 4.69) is 122 Å². The Morgan fingerprint density at radius 1 is 0.581 bits per heavy atom. The summed E-state index contributed by atoms with van der Waals surface area (Å²) >= 11 is 6.24. The number of hydrogen-bond donors (Lipinski definition) is 1. The van der Waals surface area contributed by atoms with Gasteiger partial charge in [0, 0.05) is 10.7 Å². The van der Waals surface area contributed by atoms with Crippen LogP contribution in [-0.2, 0) is 0 Å². The smallest absolute Gasteiger partial charge is 0.104 e. The van der Waals surface area contributed by atoms with E-state index in [1.165, 1.54) is 21.9 Å². The lowest BCUT2D eigenvalue weighted by molar-refractivity contribution is 0.574. The van der Waals surface area contributed by atoms with E-state index in [1.54, 1.807) is 0 Å². The zero-order valence-corrected chi connectivity index (χ0v) is 19.8. The molecule has 0 bridgehead atoms. The van der Waals surface area contributed by atoms with Gasteiger partial charge in [0.1, 0.15) is 8.07 Å². The Morgan fingerprint density at radius 2 is 1.03 bits per heavy atom. The Balaban J connectivity index is 1.81. The molecule has 0 aromatic heterocycles. The predicted octanol–water partition coefficient (Wildman–Crippen LogP) is 6.92. The fourth-order valence-electron chi connectivity index (χ4n) is 4.25. The van der Waals surface area contributed by atoms with Crippen molar-refractivity contribution in [2.45, 2.75) is 24.8 Å². The fourth-order valence-corrected chi connectivity index (χ4v) is 7.37. The minimum Gasteiger partial charge on any atom is -0.302 e. The molecule has 156 valence electrons. The molecule has 0 fully saturated rings. The van der Waals surface area contributed by atoms with Crippen molar-refractivity contribution in [1.82, 2.24) is 5.32 Å². The molecular weight excluding hydrogens is 414 g/mol. The first-order valence-corrected chi connectivity index (χ1v) is 14.2. The Kier molecular flexibility index (Phi) is 6.72. The standard InChI is InChI=1S/C28H28ClNSi/c1-31(2,26-16-10-5-11-17-26)28(24-18-20-25(29)21-19-24)30-27(22-12-6-3-7-13-22)23-14-8-4-9-15-23/h3-21,27-28,30H,1-2H3. The average Bonchev–Trinajstić information content (AvgIpc) is 2.82. The Hall–Kier alpha value is -2.65. The Morgan fingerprint density at radius 3 is 1.52 bits per heavy atom. The summed E-state index contributed by atoms with van der Waals surface area (Å²) in [6, 6.07) is 40.8. The zero-order valence-electron chi connectivity index (χ0n) is 18.0. The first kappa shape index (κ1) is 21.6. The fraction of sp³-hybridized carbons (Fsp3) is 0.143. The number of rotatable bonds is 7. The van der Waals surface area contributed by atoms with E-state index in [9.17, 15) is 0 Å². The minimum absolute atomic E-state index is 0.0959. The van der Waals surface area contributed by atoms with Crippen molar-refractivity contribution >= 4 is 24.9 Å². The summed E-state index contributed by atoms with van der Waals surface area (Å²) in [7, 11) is -1.95. The van der Waals surface area contributed by atoms with Crippen LogP contribution in [0.3, 0.4) is 0 Å². The van der Waals surface area contributed by atoms with Gasteiger partial charge in [0.05, 0.1) is 6.04 Å². The van der Waals surface area contributed by atoms with Crippen LogP contribution in [0.25, 0.3) is 0 Å². The number of benzene rings is 4. The quantitative estimate of drug-likeness (QED) is 0.307. The summed E-state index contributed by atoms with van der Waals surface area (Å²) in [6.45, 7) is 4.89. The maximum atomic E-state index is 6.24.